The number of Topliss-reactive ketones (excluding diaryl/α,β-unsaturated/α-hetero) is 1. The average Bonchev–Trinajstić information content (AvgIpc) is 2.77. The highest BCUT2D eigenvalue weighted by atomic mass is 16.5. The summed E-state index contributed by atoms with van der Waals surface area (Å²) in [5.74, 6) is -0.931. The van der Waals surface area contributed by atoms with Crippen LogP contribution in [0.2, 0.25) is 0 Å². The van der Waals surface area contributed by atoms with E-state index in [9.17, 15) is 14.4 Å². The summed E-state index contributed by atoms with van der Waals surface area (Å²) in [6.07, 6.45) is 0. The summed E-state index contributed by atoms with van der Waals surface area (Å²) < 4.78 is 5.34. The lowest BCUT2D eigenvalue weighted by Gasteiger charge is -2.28. The third kappa shape index (κ3) is 5.40. The molecule has 2 N–H and O–H groups in total. The lowest BCUT2D eigenvalue weighted by molar-refractivity contribution is -0.119. The monoisotopic (exact) mass is 381 g/mol. The molecule has 0 unspecified atom stereocenters. The van der Waals surface area contributed by atoms with E-state index in [1.165, 1.54) is 0 Å². The molecule has 2 aromatic carbocycles. The van der Waals surface area contributed by atoms with Gasteiger partial charge in [0.25, 0.3) is 5.91 Å². The number of hydrogen-bond acceptors (Lipinski definition) is 5. The molecule has 3 rings (SSSR count). The quantitative estimate of drug-likeness (QED) is 0.705. The number of carbonyl (C=O) groups excluding carboxylic acids is 3. The molecule has 0 saturated carbocycles. The highest BCUT2D eigenvalue weighted by molar-refractivity contribution is 6.00. The normalized spacial score (nSPS) is 13.6. The molecule has 0 radical (unpaired) electrons. The van der Waals surface area contributed by atoms with E-state index in [1.54, 1.807) is 36.4 Å². The van der Waals surface area contributed by atoms with Crippen molar-refractivity contribution in [3.05, 3.63) is 65.7 Å². The van der Waals surface area contributed by atoms with Gasteiger partial charge in [-0.05, 0) is 36.4 Å². The van der Waals surface area contributed by atoms with Crippen LogP contribution in [0.5, 0.6) is 0 Å². The Balaban J connectivity index is 1.43. The Morgan fingerprint density at radius 2 is 1.50 bits per heavy atom. The van der Waals surface area contributed by atoms with Crippen LogP contribution in [0.15, 0.2) is 54.6 Å². The van der Waals surface area contributed by atoms with Crippen LogP contribution in [0, 0.1) is 0 Å². The van der Waals surface area contributed by atoms with Gasteiger partial charge in [-0.3, -0.25) is 14.4 Å². The lowest BCUT2D eigenvalue weighted by Crippen LogP contribution is -2.39. The SMILES string of the molecule is O=C(CNC(=O)c1ccccc1)NCC(=O)c1ccc(N2CCOCC2)cc1. The number of hydrogen-bond donors (Lipinski definition) is 2. The largest absolute Gasteiger partial charge is 0.378 e. The first kappa shape index (κ1) is 19.6. The first-order chi connectivity index (χ1) is 13.6. The molecule has 2 aromatic rings. The van der Waals surface area contributed by atoms with Gasteiger partial charge in [0.05, 0.1) is 26.3 Å². The van der Waals surface area contributed by atoms with Crippen molar-refractivity contribution in [1.29, 1.82) is 0 Å². The van der Waals surface area contributed by atoms with Crippen LogP contribution >= 0.6 is 0 Å². The van der Waals surface area contributed by atoms with Gasteiger partial charge in [0.15, 0.2) is 5.78 Å². The summed E-state index contributed by atoms with van der Waals surface area (Å²) in [6, 6.07) is 16.0. The predicted molar refractivity (Wildman–Crippen MR) is 106 cm³/mol. The maximum Gasteiger partial charge on any atom is 0.251 e. The molecule has 28 heavy (non-hydrogen) atoms. The Hall–Kier alpha value is -3.19. The van der Waals surface area contributed by atoms with Crippen molar-refractivity contribution in [3.63, 3.8) is 0 Å². The number of carbonyl (C=O) groups is 3. The van der Waals surface area contributed by atoms with E-state index in [-0.39, 0.29) is 24.8 Å². The van der Waals surface area contributed by atoms with Gasteiger partial charge in [0.1, 0.15) is 0 Å². The van der Waals surface area contributed by atoms with E-state index in [4.69, 9.17) is 4.74 Å². The van der Waals surface area contributed by atoms with Crippen LogP contribution in [0.4, 0.5) is 5.69 Å². The summed E-state index contributed by atoms with van der Waals surface area (Å²) in [5.41, 5.74) is 2.06. The van der Waals surface area contributed by atoms with Gasteiger partial charge in [-0.15, -0.1) is 0 Å². The highest BCUT2D eigenvalue weighted by Gasteiger charge is 2.13. The molecule has 0 atom stereocenters. The van der Waals surface area contributed by atoms with E-state index in [2.05, 4.69) is 15.5 Å². The Morgan fingerprint density at radius 1 is 0.821 bits per heavy atom. The highest BCUT2D eigenvalue weighted by Crippen LogP contribution is 2.16. The fourth-order valence-electron chi connectivity index (χ4n) is 2.88. The van der Waals surface area contributed by atoms with E-state index in [0.717, 1.165) is 18.8 Å². The van der Waals surface area contributed by atoms with Crippen LogP contribution in [-0.4, -0.2) is 57.0 Å². The number of ether oxygens (including phenoxy) is 1. The maximum atomic E-state index is 12.3. The van der Waals surface area contributed by atoms with Gasteiger partial charge in [0, 0.05) is 29.9 Å². The second-order valence-corrected chi connectivity index (χ2v) is 6.39. The molecule has 0 aromatic heterocycles. The molecule has 1 aliphatic heterocycles. The van der Waals surface area contributed by atoms with Crippen LogP contribution in [0.25, 0.3) is 0 Å². The second kappa shape index (κ2) is 9.66. The van der Waals surface area contributed by atoms with E-state index >= 15 is 0 Å². The molecule has 7 nitrogen and oxygen atoms in total. The average molecular weight is 381 g/mol. The van der Waals surface area contributed by atoms with Gasteiger partial charge >= 0.3 is 0 Å². The zero-order valence-electron chi connectivity index (χ0n) is 15.5. The van der Waals surface area contributed by atoms with Crippen LogP contribution in [0.1, 0.15) is 20.7 Å². The number of nitrogens with zero attached hydrogens (tertiary/aromatic N) is 1. The van der Waals surface area contributed by atoms with Crippen molar-refractivity contribution in [2.24, 2.45) is 0 Å². The van der Waals surface area contributed by atoms with Crippen molar-refractivity contribution in [1.82, 2.24) is 10.6 Å². The Morgan fingerprint density at radius 3 is 2.18 bits per heavy atom. The Bertz CT molecular complexity index is 815. The van der Waals surface area contributed by atoms with Crippen LogP contribution < -0.4 is 15.5 Å². The summed E-state index contributed by atoms with van der Waals surface area (Å²) in [4.78, 5) is 38.2. The van der Waals surface area contributed by atoms with Crippen molar-refractivity contribution >= 4 is 23.3 Å². The number of nitrogens with one attached hydrogen (secondary N) is 2. The van der Waals surface area contributed by atoms with Crippen molar-refractivity contribution < 1.29 is 19.1 Å². The van der Waals surface area contributed by atoms with E-state index < -0.39 is 5.91 Å². The van der Waals surface area contributed by atoms with Crippen molar-refractivity contribution in [2.75, 3.05) is 44.3 Å². The first-order valence-corrected chi connectivity index (χ1v) is 9.19. The molecule has 0 bridgehead atoms. The fourth-order valence-corrected chi connectivity index (χ4v) is 2.88. The van der Waals surface area contributed by atoms with Gasteiger partial charge in [-0.1, -0.05) is 18.2 Å². The summed E-state index contributed by atoms with van der Waals surface area (Å²) in [5, 5.41) is 5.06. The third-order valence-electron chi connectivity index (χ3n) is 4.46. The van der Waals surface area contributed by atoms with Gasteiger partial charge < -0.3 is 20.3 Å². The lowest BCUT2D eigenvalue weighted by atomic mass is 10.1. The Kier molecular flexibility index (Phi) is 6.75. The number of morpholine rings is 1. The summed E-state index contributed by atoms with van der Waals surface area (Å²) >= 11 is 0. The number of ketones is 1. The van der Waals surface area contributed by atoms with Gasteiger partial charge in [-0.25, -0.2) is 0 Å². The fraction of sp³-hybridized carbons (Fsp3) is 0.286. The van der Waals surface area contributed by atoms with Crippen molar-refractivity contribution in [2.45, 2.75) is 0 Å². The zero-order valence-corrected chi connectivity index (χ0v) is 15.5. The smallest absolute Gasteiger partial charge is 0.251 e. The molecule has 0 spiro atoms. The molecule has 1 heterocycles. The molecule has 2 amide bonds. The summed E-state index contributed by atoms with van der Waals surface area (Å²) in [7, 11) is 0. The van der Waals surface area contributed by atoms with E-state index in [0.29, 0.717) is 24.3 Å². The molecular weight excluding hydrogens is 358 g/mol. The Labute approximate surface area is 163 Å². The van der Waals surface area contributed by atoms with Crippen LogP contribution in [0.3, 0.4) is 0 Å². The number of anilines is 1. The topological polar surface area (TPSA) is 87.7 Å². The first-order valence-electron chi connectivity index (χ1n) is 9.19. The minimum atomic E-state index is -0.414. The van der Waals surface area contributed by atoms with E-state index in [1.807, 2.05) is 18.2 Å². The zero-order chi connectivity index (χ0) is 19.8. The van der Waals surface area contributed by atoms with Crippen LogP contribution in [-0.2, 0) is 9.53 Å². The third-order valence-corrected chi connectivity index (χ3v) is 4.46. The minimum Gasteiger partial charge on any atom is -0.378 e. The predicted octanol–water partition coefficient (Wildman–Crippen LogP) is 1.25. The molecule has 1 saturated heterocycles. The molecule has 146 valence electrons. The standard InChI is InChI=1S/C21H23N3O4/c25-19(16-6-8-18(9-7-16)24-10-12-28-13-11-24)14-22-20(26)15-23-21(27)17-4-2-1-3-5-17/h1-9H,10-15H2,(H,22,26)(H,23,27). The summed E-state index contributed by atoms with van der Waals surface area (Å²) in [6.45, 7) is 2.77. The minimum absolute atomic E-state index is 0.114. The molecule has 1 aliphatic rings. The molecule has 1 fully saturated rings. The maximum absolute atomic E-state index is 12.3. The molecule has 7 heteroatoms. The number of amides is 2. The second-order valence-electron chi connectivity index (χ2n) is 6.39. The number of rotatable bonds is 7. The van der Waals surface area contributed by atoms with Gasteiger partial charge in [0.2, 0.25) is 5.91 Å². The molecular formula is C21H23N3O4. The number of benzene rings is 2. The van der Waals surface area contributed by atoms with Crippen molar-refractivity contribution in [3.8, 4) is 0 Å². The molecule has 0 aliphatic carbocycles. The van der Waals surface area contributed by atoms with Gasteiger partial charge in [-0.2, -0.15) is 0 Å².